The van der Waals surface area contributed by atoms with Gasteiger partial charge in [0.05, 0.1) is 17.6 Å². The summed E-state index contributed by atoms with van der Waals surface area (Å²) < 4.78 is 29.6. The van der Waals surface area contributed by atoms with Crippen molar-refractivity contribution in [3.05, 3.63) is 0 Å². The predicted molar refractivity (Wildman–Crippen MR) is 77.1 cm³/mol. The van der Waals surface area contributed by atoms with Gasteiger partial charge in [-0.3, -0.25) is 0 Å². The van der Waals surface area contributed by atoms with E-state index >= 15 is 0 Å². The maximum Gasteiger partial charge on any atom is 0.151 e. The summed E-state index contributed by atoms with van der Waals surface area (Å²) in [5, 5.41) is 3.30. The Hall–Kier alpha value is -0.130. The van der Waals surface area contributed by atoms with Crippen molar-refractivity contribution >= 4 is 9.84 Å². The van der Waals surface area contributed by atoms with Gasteiger partial charge in [-0.1, -0.05) is 12.8 Å². The van der Waals surface area contributed by atoms with Crippen LogP contribution in [0, 0.1) is 5.92 Å². The zero-order chi connectivity index (χ0) is 13.7. The minimum absolute atomic E-state index is 0.254. The SMILES string of the molecule is CC(NCCS(=O)(=O)CC1CCCC1)C1CCCO1. The van der Waals surface area contributed by atoms with Crippen LogP contribution < -0.4 is 5.32 Å². The minimum Gasteiger partial charge on any atom is -0.377 e. The number of ether oxygens (including phenoxy) is 1. The van der Waals surface area contributed by atoms with Crippen LogP contribution in [0.4, 0.5) is 0 Å². The molecule has 0 aromatic rings. The second-order valence-electron chi connectivity index (χ2n) is 6.06. The molecule has 2 unspecified atom stereocenters. The summed E-state index contributed by atoms with van der Waals surface area (Å²) in [7, 11) is -2.89. The average molecular weight is 289 g/mol. The summed E-state index contributed by atoms with van der Waals surface area (Å²) in [4.78, 5) is 0. The lowest BCUT2D eigenvalue weighted by Gasteiger charge is -2.20. The van der Waals surface area contributed by atoms with E-state index in [0.717, 1.165) is 32.3 Å². The standard InChI is InChI=1S/C14H27NO3S/c1-12(14-7-4-9-18-14)15-8-10-19(16,17)11-13-5-2-3-6-13/h12-15H,2-11H2,1H3. The highest BCUT2D eigenvalue weighted by Crippen LogP contribution is 2.26. The summed E-state index contributed by atoms with van der Waals surface area (Å²) in [6.07, 6.45) is 7.07. The molecule has 2 atom stereocenters. The van der Waals surface area contributed by atoms with Crippen LogP contribution >= 0.6 is 0 Å². The maximum atomic E-state index is 12.0. The predicted octanol–water partition coefficient (Wildman–Crippen LogP) is 1.75. The van der Waals surface area contributed by atoms with Crippen molar-refractivity contribution in [1.29, 1.82) is 0 Å². The van der Waals surface area contributed by atoms with E-state index in [1.807, 2.05) is 0 Å². The molecule has 2 aliphatic rings. The van der Waals surface area contributed by atoms with Crippen LogP contribution in [0.15, 0.2) is 0 Å². The van der Waals surface area contributed by atoms with Crippen molar-refractivity contribution in [1.82, 2.24) is 5.32 Å². The van der Waals surface area contributed by atoms with Gasteiger partial charge in [-0.2, -0.15) is 0 Å². The van der Waals surface area contributed by atoms with Crippen LogP contribution in [0.1, 0.15) is 45.4 Å². The minimum atomic E-state index is -2.89. The van der Waals surface area contributed by atoms with Gasteiger partial charge >= 0.3 is 0 Å². The highest BCUT2D eigenvalue weighted by molar-refractivity contribution is 7.91. The zero-order valence-electron chi connectivity index (χ0n) is 11.9. The van der Waals surface area contributed by atoms with Crippen molar-refractivity contribution in [2.24, 2.45) is 5.92 Å². The Morgan fingerprint density at radius 1 is 1.21 bits per heavy atom. The molecule has 1 saturated heterocycles. The molecular formula is C14H27NO3S. The normalized spacial score (nSPS) is 26.9. The quantitative estimate of drug-likeness (QED) is 0.776. The molecule has 1 aliphatic carbocycles. The molecule has 19 heavy (non-hydrogen) atoms. The van der Waals surface area contributed by atoms with E-state index in [4.69, 9.17) is 4.74 Å². The third-order valence-electron chi connectivity index (χ3n) is 4.37. The molecule has 0 amide bonds. The van der Waals surface area contributed by atoms with Crippen LogP contribution in [0.2, 0.25) is 0 Å². The van der Waals surface area contributed by atoms with Crippen molar-refractivity contribution in [2.75, 3.05) is 24.7 Å². The highest BCUT2D eigenvalue weighted by Gasteiger charge is 2.24. The van der Waals surface area contributed by atoms with Gasteiger partial charge in [0.15, 0.2) is 9.84 Å². The van der Waals surface area contributed by atoms with Crippen molar-refractivity contribution < 1.29 is 13.2 Å². The molecule has 0 spiro atoms. The topological polar surface area (TPSA) is 55.4 Å². The summed E-state index contributed by atoms with van der Waals surface area (Å²) in [6.45, 7) is 3.48. The molecule has 1 N–H and O–H groups in total. The monoisotopic (exact) mass is 289 g/mol. The van der Waals surface area contributed by atoms with E-state index in [1.165, 1.54) is 12.8 Å². The first-order chi connectivity index (χ1) is 9.07. The molecule has 0 bridgehead atoms. The smallest absolute Gasteiger partial charge is 0.151 e. The Morgan fingerprint density at radius 2 is 1.95 bits per heavy atom. The molecule has 112 valence electrons. The number of sulfone groups is 1. The summed E-state index contributed by atoms with van der Waals surface area (Å²) in [6, 6.07) is 0.254. The Kier molecular flexibility index (Phi) is 5.66. The Labute approximate surface area is 117 Å². The second-order valence-corrected chi connectivity index (χ2v) is 8.29. The fourth-order valence-corrected chi connectivity index (χ4v) is 4.84. The number of rotatable bonds is 7. The van der Waals surface area contributed by atoms with Crippen molar-refractivity contribution in [2.45, 2.75) is 57.6 Å². The van der Waals surface area contributed by atoms with Crippen LogP contribution in [0.25, 0.3) is 0 Å². The van der Waals surface area contributed by atoms with E-state index in [1.54, 1.807) is 0 Å². The number of hydrogen-bond acceptors (Lipinski definition) is 4. The first-order valence-electron chi connectivity index (χ1n) is 7.62. The lowest BCUT2D eigenvalue weighted by Crippen LogP contribution is -2.39. The third kappa shape index (κ3) is 5.04. The first-order valence-corrected chi connectivity index (χ1v) is 9.44. The fourth-order valence-electron chi connectivity index (χ4n) is 3.19. The van der Waals surface area contributed by atoms with Gasteiger partial charge < -0.3 is 10.1 Å². The first kappa shape index (κ1) is 15.3. The Balaban J connectivity index is 1.65. The number of hydrogen-bond donors (Lipinski definition) is 1. The number of nitrogens with one attached hydrogen (secondary N) is 1. The van der Waals surface area contributed by atoms with E-state index in [-0.39, 0.29) is 17.9 Å². The van der Waals surface area contributed by atoms with Gasteiger partial charge in [0.25, 0.3) is 0 Å². The molecule has 5 heteroatoms. The van der Waals surface area contributed by atoms with E-state index in [2.05, 4.69) is 12.2 Å². The second kappa shape index (κ2) is 7.04. The van der Waals surface area contributed by atoms with E-state index < -0.39 is 9.84 Å². The van der Waals surface area contributed by atoms with Gasteiger partial charge in [-0.25, -0.2) is 8.42 Å². The molecule has 0 aromatic carbocycles. The highest BCUT2D eigenvalue weighted by atomic mass is 32.2. The molecule has 0 aromatic heterocycles. The fraction of sp³-hybridized carbons (Fsp3) is 1.00. The molecule has 1 aliphatic heterocycles. The van der Waals surface area contributed by atoms with Crippen LogP contribution in [-0.2, 0) is 14.6 Å². The van der Waals surface area contributed by atoms with E-state index in [0.29, 0.717) is 18.2 Å². The van der Waals surface area contributed by atoms with Crippen LogP contribution in [0.3, 0.4) is 0 Å². The van der Waals surface area contributed by atoms with Gasteiger partial charge in [-0.15, -0.1) is 0 Å². The maximum absolute atomic E-state index is 12.0. The van der Waals surface area contributed by atoms with Gasteiger partial charge in [0.1, 0.15) is 0 Å². The van der Waals surface area contributed by atoms with Gasteiger partial charge in [-0.05, 0) is 38.5 Å². The van der Waals surface area contributed by atoms with Crippen LogP contribution in [0.5, 0.6) is 0 Å². The Bertz CT molecular complexity index is 357. The molecule has 1 saturated carbocycles. The summed E-state index contributed by atoms with van der Waals surface area (Å²) in [5.41, 5.74) is 0. The summed E-state index contributed by atoms with van der Waals surface area (Å²) >= 11 is 0. The molecule has 1 heterocycles. The average Bonchev–Trinajstić information content (AvgIpc) is 2.99. The lowest BCUT2D eigenvalue weighted by atomic mass is 10.1. The molecule has 2 rings (SSSR count). The van der Waals surface area contributed by atoms with Crippen molar-refractivity contribution in [3.63, 3.8) is 0 Å². The Morgan fingerprint density at radius 3 is 2.58 bits per heavy atom. The largest absolute Gasteiger partial charge is 0.377 e. The van der Waals surface area contributed by atoms with Crippen LogP contribution in [-0.4, -0.2) is 45.2 Å². The van der Waals surface area contributed by atoms with Gasteiger partial charge in [0, 0.05) is 19.2 Å². The van der Waals surface area contributed by atoms with Crippen molar-refractivity contribution in [3.8, 4) is 0 Å². The lowest BCUT2D eigenvalue weighted by molar-refractivity contribution is 0.0844. The summed E-state index contributed by atoms with van der Waals surface area (Å²) in [5.74, 6) is 1.07. The zero-order valence-corrected chi connectivity index (χ0v) is 12.8. The third-order valence-corrected chi connectivity index (χ3v) is 6.17. The van der Waals surface area contributed by atoms with Gasteiger partial charge in [0.2, 0.25) is 0 Å². The van der Waals surface area contributed by atoms with E-state index in [9.17, 15) is 8.42 Å². The molecule has 2 fully saturated rings. The molecule has 0 radical (unpaired) electrons. The molecular weight excluding hydrogens is 262 g/mol. The molecule has 4 nitrogen and oxygen atoms in total.